The molecular formula is C21H20N2O3S2. The van der Waals surface area contributed by atoms with Crippen molar-refractivity contribution in [2.24, 2.45) is 0 Å². The molecule has 7 heteroatoms. The number of anilines is 2. The fourth-order valence-electron chi connectivity index (χ4n) is 2.42. The number of carbonyl (C=O) groups excluding carboxylic acids is 1. The lowest BCUT2D eigenvalue weighted by molar-refractivity contribution is -0.113. The summed E-state index contributed by atoms with van der Waals surface area (Å²) in [5, 5.41) is 2.78. The Morgan fingerprint density at radius 2 is 1.50 bits per heavy atom. The maximum atomic E-state index is 12.4. The van der Waals surface area contributed by atoms with E-state index in [1.54, 1.807) is 36.4 Å². The molecule has 3 rings (SSSR count). The first-order valence-corrected chi connectivity index (χ1v) is 11.1. The molecular weight excluding hydrogens is 392 g/mol. The van der Waals surface area contributed by atoms with Crippen LogP contribution in [0.3, 0.4) is 0 Å². The first kappa shape index (κ1) is 20.0. The molecule has 0 fully saturated rings. The van der Waals surface area contributed by atoms with Gasteiger partial charge in [-0.1, -0.05) is 35.9 Å². The predicted molar refractivity (Wildman–Crippen MR) is 114 cm³/mol. The van der Waals surface area contributed by atoms with E-state index in [1.165, 1.54) is 29.5 Å². The number of carbonyl (C=O) groups is 1. The van der Waals surface area contributed by atoms with Gasteiger partial charge in [0.15, 0.2) is 0 Å². The summed E-state index contributed by atoms with van der Waals surface area (Å²) >= 11 is 1.45. The van der Waals surface area contributed by atoms with Crippen LogP contribution in [0.15, 0.2) is 88.7 Å². The zero-order valence-corrected chi connectivity index (χ0v) is 16.9. The Hall–Kier alpha value is -2.77. The summed E-state index contributed by atoms with van der Waals surface area (Å²) in [6.07, 6.45) is 0. The molecule has 0 spiro atoms. The van der Waals surface area contributed by atoms with Crippen molar-refractivity contribution in [3.63, 3.8) is 0 Å². The Balaban J connectivity index is 1.57. The van der Waals surface area contributed by atoms with E-state index in [1.807, 2.05) is 37.3 Å². The van der Waals surface area contributed by atoms with Gasteiger partial charge in [-0.25, -0.2) is 8.42 Å². The molecule has 3 aromatic rings. The lowest BCUT2D eigenvalue weighted by atomic mass is 10.2. The monoisotopic (exact) mass is 412 g/mol. The summed E-state index contributed by atoms with van der Waals surface area (Å²) in [6, 6.07) is 22.7. The molecule has 0 heterocycles. The first-order chi connectivity index (χ1) is 13.4. The molecule has 0 radical (unpaired) electrons. The lowest BCUT2D eigenvalue weighted by Crippen LogP contribution is -2.15. The Morgan fingerprint density at radius 1 is 0.857 bits per heavy atom. The molecule has 3 aromatic carbocycles. The molecule has 28 heavy (non-hydrogen) atoms. The molecule has 0 aliphatic carbocycles. The zero-order chi connectivity index (χ0) is 20.0. The van der Waals surface area contributed by atoms with E-state index < -0.39 is 10.0 Å². The van der Waals surface area contributed by atoms with E-state index in [4.69, 9.17) is 0 Å². The second-order valence-electron chi connectivity index (χ2n) is 6.15. The SMILES string of the molecule is Cc1ccc(SCC(=O)Nc2ccc(S(=O)(=O)Nc3ccccc3)cc2)cc1. The molecule has 0 aliphatic rings. The normalized spacial score (nSPS) is 11.0. The largest absolute Gasteiger partial charge is 0.325 e. The third-order valence-electron chi connectivity index (χ3n) is 3.87. The van der Waals surface area contributed by atoms with Crippen LogP contribution in [0.25, 0.3) is 0 Å². The van der Waals surface area contributed by atoms with E-state index >= 15 is 0 Å². The van der Waals surface area contributed by atoms with Crippen LogP contribution < -0.4 is 10.0 Å². The summed E-state index contributed by atoms with van der Waals surface area (Å²) < 4.78 is 27.4. The first-order valence-electron chi connectivity index (χ1n) is 8.60. The van der Waals surface area contributed by atoms with Crippen molar-refractivity contribution in [2.75, 3.05) is 15.8 Å². The molecule has 5 nitrogen and oxygen atoms in total. The standard InChI is InChI=1S/C21H20N2O3S2/c1-16-7-11-19(12-8-16)27-15-21(24)22-17-9-13-20(14-10-17)28(25,26)23-18-5-3-2-4-6-18/h2-14,23H,15H2,1H3,(H,22,24). The number of hydrogen-bond acceptors (Lipinski definition) is 4. The van der Waals surface area contributed by atoms with E-state index in [2.05, 4.69) is 10.0 Å². The number of thioether (sulfide) groups is 1. The Morgan fingerprint density at radius 3 is 2.14 bits per heavy atom. The smallest absolute Gasteiger partial charge is 0.261 e. The quantitative estimate of drug-likeness (QED) is 0.559. The van der Waals surface area contributed by atoms with Crippen LogP contribution in [0.5, 0.6) is 0 Å². The van der Waals surface area contributed by atoms with Gasteiger partial charge in [-0.05, 0) is 55.5 Å². The summed E-state index contributed by atoms with van der Waals surface area (Å²) in [6.45, 7) is 2.01. The van der Waals surface area contributed by atoms with Crippen molar-refractivity contribution in [3.05, 3.63) is 84.4 Å². The van der Waals surface area contributed by atoms with Gasteiger partial charge in [0.1, 0.15) is 0 Å². The van der Waals surface area contributed by atoms with Gasteiger partial charge in [0.25, 0.3) is 10.0 Å². The number of para-hydroxylation sites is 1. The third-order valence-corrected chi connectivity index (χ3v) is 6.27. The fraction of sp³-hybridized carbons (Fsp3) is 0.0952. The summed E-state index contributed by atoms with van der Waals surface area (Å²) in [7, 11) is -3.68. The van der Waals surface area contributed by atoms with Crippen molar-refractivity contribution in [3.8, 4) is 0 Å². The minimum Gasteiger partial charge on any atom is -0.325 e. The molecule has 0 aromatic heterocycles. The molecule has 2 N–H and O–H groups in total. The van der Waals surface area contributed by atoms with E-state index in [9.17, 15) is 13.2 Å². The van der Waals surface area contributed by atoms with Crippen molar-refractivity contribution >= 4 is 39.1 Å². The molecule has 0 atom stereocenters. The number of aryl methyl sites for hydroxylation is 1. The molecule has 0 aliphatic heterocycles. The Bertz CT molecular complexity index is 1030. The van der Waals surface area contributed by atoms with Gasteiger partial charge in [0.05, 0.1) is 10.6 Å². The number of amides is 1. The van der Waals surface area contributed by atoms with Crippen molar-refractivity contribution in [2.45, 2.75) is 16.7 Å². The van der Waals surface area contributed by atoms with E-state index in [0.29, 0.717) is 11.4 Å². The second kappa shape index (κ2) is 8.95. The Labute approximate surface area is 169 Å². The highest BCUT2D eigenvalue weighted by Crippen LogP contribution is 2.20. The fourth-order valence-corrected chi connectivity index (χ4v) is 4.18. The van der Waals surface area contributed by atoms with Crippen molar-refractivity contribution in [1.29, 1.82) is 0 Å². The van der Waals surface area contributed by atoms with Gasteiger partial charge >= 0.3 is 0 Å². The zero-order valence-electron chi connectivity index (χ0n) is 15.3. The average Bonchev–Trinajstić information content (AvgIpc) is 2.68. The molecule has 144 valence electrons. The van der Waals surface area contributed by atoms with Gasteiger partial charge in [0, 0.05) is 16.3 Å². The van der Waals surface area contributed by atoms with Crippen LogP contribution >= 0.6 is 11.8 Å². The highest BCUT2D eigenvalue weighted by Gasteiger charge is 2.14. The highest BCUT2D eigenvalue weighted by atomic mass is 32.2. The van der Waals surface area contributed by atoms with Crippen LogP contribution in [0.2, 0.25) is 0 Å². The predicted octanol–water partition coefficient (Wildman–Crippen LogP) is 4.53. The van der Waals surface area contributed by atoms with Gasteiger partial charge in [-0.3, -0.25) is 9.52 Å². The summed E-state index contributed by atoms with van der Waals surface area (Å²) in [5.41, 5.74) is 2.21. The number of benzene rings is 3. The van der Waals surface area contributed by atoms with Gasteiger partial charge < -0.3 is 5.32 Å². The van der Waals surface area contributed by atoms with Crippen LogP contribution in [0.1, 0.15) is 5.56 Å². The molecule has 0 saturated carbocycles. The highest BCUT2D eigenvalue weighted by molar-refractivity contribution is 8.00. The average molecular weight is 413 g/mol. The van der Waals surface area contributed by atoms with Crippen molar-refractivity contribution in [1.82, 2.24) is 0 Å². The Kier molecular flexibility index (Phi) is 6.38. The summed E-state index contributed by atoms with van der Waals surface area (Å²) in [4.78, 5) is 13.3. The van der Waals surface area contributed by atoms with Crippen molar-refractivity contribution < 1.29 is 13.2 Å². The number of sulfonamides is 1. The number of nitrogens with one attached hydrogen (secondary N) is 2. The van der Waals surface area contributed by atoms with Crippen LogP contribution in [0, 0.1) is 6.92 Å². The molecule has 0 bridgehead atoms. The van der Waals surface area contributed by atoms with Gasteiger partial charge in [-0.2, -0.15) is 0 Å². The summed E-state index contributed by atoms with van der Waals surface area (Å²) in [5.74, 6) is 0.127. The van der Waals surface area contributed by atoms with Crippen LogP contribution in [-0.4, -0.2) is 20.1 Å². The molecule has 0 unspecified atom stereocenters. The number of rotatable bonds is 7. The minimum absolute atomic E-state index is 0.128. The van der Waals surface area contributed by atoms with Crippen LogP contribution in [0.4, 0.5) is 11.4 Å². The van der Waals surface area contributed by atoms with E-state index in [0.717, 1.165) is 4.90 Å². The minimum atomic E-state index is -3.68. The number of hydrogen-bond donors (Lipinski definition) is 2. The topological polar surface area (TPSA) is 75.3 Å². The molecule has 0 saturated heterocycles. The maximum absolute atomic E-state index is 12.4. The lowest BCUT2D eigenvalue weighted by Gasteiger charge is -2.09. The van der Waals surface area contributed by atoms with Gasteiger partial charge in [-0.15, -0.1) is 11.8 Å². The third kappa shape index (κ3) is 5.61. The van der Waals surface area contributed by atoms with E-state index in [-0.39, 0.29) is 16.6 Å². The maximum Gasteiger partial charge on any atom is 0.261 e. The van der Waals surface area contributed by atoms with Crippen LogP contribution in [-0.2, 0) is 14.8 Å². The van der Waals surface area contributed by atoms with Gasteiger partial charge in [0.2, 0.25) is 5.91 Å². The molecule has 1 amide bonds. The second-order valence-corrected chi connectivity index (χ2v) is 8.88.